The van der Waals surface area contributed by atoms with Crippen LogP contribution in [0.15, 0.2) is 60.8 Å². The van der Waals surface area contributed by atoms with Crippen molar-refractivity contribution in [3.05, 3.63) is 66.4 Å². The predicted molar refractivity (Wildman–Crippen MR) is 85.9 cm³/mol. The van der Waals surface area contributed by atoms with Gasteiger partial charge in [0.15, 0.2) is 0 Å². The van der Waals surface area contributed by atoms with E-state index >= 15 is 0 Å². The molecular formula is C16H14N2O3S. The summed E-state index contributed by atoms with van der Waals surface area (Å²) in [6.45, 7) is 0. The molecule has 6 heteroatoms. The Morgan fingerprint density at radius 2 is 1.82 bits per heavy atom. The van der Waals surface area contributed by atoms with Gasteiger partial charge in [-0.1, -0.05) is 36.4 Å². The number of nitrogens with one attached hydrogen (secondary N) is 1. The number of rotatable bonds is 5. The number of benzene rings is 2. The molecule has 0 radical (unpaired) electrons. The van der Waals surface area contributed by atoms with E-state index in [2.05, 4.69) is 4.98 Å². The highest BCUT2D eigenvalue weighted by atomic mass is 32.2. The first-order chi connectivity index (χ1) is 10.6. The lowest BCUT2D eigenvalue weighted by Crippen LogP contribution is -2.30. The minimum Gasteiger partial charge on any atom is -0.361 e. The number of fused-ring (bicyclic) bond motifs is 1. The van der Waals surface area contributed by atoms with Gasteiger partial charge in [0.25, 0.3) is 0 Å². The summed E-state index contributed by atoms with van der Waals surface area (Å²) in [5.41, 5.74) is 1.73. The SMILES string of the molecule is O=CN(c1ccc2cc[nH]c2c1)S(=O)(=O)Cc1ccccc1. The number of carbonyl (C=O) groups is 1. The van der Waals surface area contributed by atoms with E-state index in [1.165, 1.54) is 0 Å². The van der Waals surface area contributed by atoms with Gasteiger partial charge in [0.05, 0.1) is 11.4 Å². The molecule has 1 amide bonds. The number of amides is 1. The highest BCUT2D eigenvalue weighted by Crippen LogP contribution is 2.23. The van der Waals surface area contributed by atoms with Crippen LogP contribution < -0.4 is 4.31 Å². The number of anilines is 1. The lowest BCUT2D eigenvalue weighted by atomic mass is 10.2. The molecule has 0 atom stereocenters. The lowest BCUT2D eigenvalue weighted by molar-refractivity contribution is -0.106. The Balaban J connectivity index is 1.97. The van der Waals surface area contributed by atoms with Gasteiger partial charge in [-0.15, -0.1) is 0 Å². The Morgan fingerprint density at radius 3 is 2.55 bits per heavy atom. The molecule has 22 heavy (non-hydrogen) atoms. The molecule has 0 aliphatic heterocycles. The van der Waals surface area contributed by atoms with Gasteiger partial charge in [0.1, 0.15) is 0 Å². The largest absolute Gasteiger partial charge is 0.361 e. The molecule has 0 saturated carbocycles. The summed E-state index contributed by atoms with van der Waals surface area (Å²) >= 11 is 0. The van der Waals surface area contributed by atoms with Gasteiger partial charge >= 0.3 is 0 Å². The molecule has 112 valence electrons. The van der Waals surface area contributed by atoms with Crippen LogP contribution in [0.4, 0.5) is 5.69 Å². The second-order valence-corrected chi connectivity index (χ2v) is 6.74. The van der Waals surface area contributed by atoms with Crippen molar-refractivity contribution in [3.8, 4) is 0 Å². The van der Waals surface area contributed by atoms with Gasteiger partial charge in [0, 0.05) is 11.7 Å². The summed E-state index contributed by atoms with van der Waals surface area (Å²) in [4.78, 5) is 14.4. The summed E-state index contributed by atoms with van der Waals surface area (Å²) in [6, 6.07) is 15.7. The molecule has 0 saturated heterocycles. The Labute approximate surface area is 128 Å². The molecule has 5 nitrogen and oxygen atoms in total. The van der Waals surface area contributed by atoms with Crippen molar-refractivity contribution in [2.24, 2.45) is 0 Å². The van der Waals surface area contributed by atoms with Crippen molar-refractivity contribution in [3.63, 3.8) is 0 Å². The van der Waals surface area contributed by atoms with Gasteiger partial charge in [0.2, 0.25) is 16.4 Å². The third-order valence-corrected chi connectivity index (χ3v) is 4.97. The van der Waals surface area contributed by atoms with E-state index in [1.807, 2.05) is 12.1 Å². The fourth-order valence-electron chi connectivity index (χ4n) is 2.31. The number of hydrogen-bond acceptors (Lipinski definition) is 3. The molecule has 0 aliphatic rings. The molecule has 3 rings (SSSR count). The van der Waals surface area contributed by atoms with Crippen molar-refractivity contribution < 1.29 is 13.2 Å². The summed E-state index contributed by atoms with van der Waals surface area (Å²) < 4.78 is 25.8. The van der Waals surface area contributed by atoms with Gasteiger partial charge < -0.3 is 4.98 Å². The molecule has 1 heterocycles. The van der Waals surface area contributed by atoms with E-state index in [0.29, 0.717) is 17.7 Å². The van der Waals surface area contributed by atoms with Crippen LogP contribution in [0, 0.1) is 0 Å². The van der Waals surface area contributed by atoms with Crippen LogP contribution in [-0.2, 0) is 20.6 Å². The highest BCUT2D eigenvalue weighted by molar-refractivity contribution is 7.92. The molecule has 3 aromatic rings. The first-order valence-corrected chi connectivity index (χ1v) is 8.29. The zero-order valence-corrected chi connectivity index (χ0v) is 12.5. The third-order valence-electron chi connectivity index (χ3n) is 3.38. The van der Waals surface area contributed by atoms with Gasteiger partial charge in [-0.3, -0.25) is 4.79 Å². The number of nitrogens with zero attached hydrogens (tertiary/aromatic N) is 1. The standard InChI is InChI=1S/C16H14N2O3S/c19-12-18(15-7-6-14-8-9-17-16(14)10-15)22(20,21)11-13-4-2-1-3-5-13/h1-10,12,17H,11H2. The maximum absolute atomic E-state index is 12.5. The van der Waals surface area contributed by atoms with Crippen molar-refractivity contribution in [2.45, 2.75) is 5.75 Å². The highest BCUT2D eigenvalue weighted by Gasteiger charge is 2.23. The third kappa shape index (κ3) is 2.73. The average molecular weight is 314 g/mol. The Morgan fingerprint density at radius 1 is 1.05 bits per heavy atom. The zero-order chi connectivity index (χ0) is 15.6. The van der Waals surface area contributed by atoms with Crippen molar-refractivity contribution in [1.29, 1.82) is 0 Å². The van der Waals surface area contributed by atoms with Crippen LogP contribution >= 0.6 is 0 Å². The number of aromatic nitrogens is 1. The maximum Gasteiger partial charge on any atom is 0.245 e. The van der Waals surface area contributed by atoms with Crippen LogP contribution in [0.3, 0.4) is 0 Å². The van der Waals surface area contributed by atoms with Crippen molar-refractivity contribution >= 4 is 33.0 Å². The van der Waals surface area contributed by atoms with E-state index < -0.39 is 10.0 Å². The number of aromatic amines is 1. The zero-order valence-electron chi connectivity index (χ0n) is 11.6. The Bertz CT molecular complexity index is 901. The summed E-state index contributed by atoms with van der Waals surface area (Å²) in [5, 5.41) is 0.954. The second-order valence-electron chi connectivity index (χ2n) is 4.89. The number of carbonyl (C=O) groups excluding carboxylic acids is 1. The summed E-state index contributed by atoms with van der Waals surface area (Å²) in [7, 11) is -3.78. The monoisotopic (exact) mass is 314 g/mol. The first-order valence-electron chi connectivity index (χ1n) is 6.69. The van der Waals surface area contributed by atoms with Crippen LogP contribution in [0.1, 0.15) is 5.56 Å². The Hall–Kier alpha value is -2.60. The van der Waals surface area contributed by atoms with E-state index in [1.54, 1.807) is 48.7 Å². The van der Waals surface area contributed by atoms with Crippen LogP contribution in [-0.4, -0.2) is 19.8 Å². The van der Waals surface area contributed by atoms with E-state index in [9.17, 15) is 13.2 Å². The molecule has 0 spiro atoms. The fourth-order valence-corrected chi connectivity index (χ4v) is 3.63. The summed E-state index contributed by atoms with van der Waals surface area (Å²) in [6.07, 6.45) is 2.10. The predicted octanol–water partition coefficient (Wildman–Crippen LogP) is 2.66. The number of H-pyrrole nitrogens is 1. The number of sulfonamides is 1. The summed E-state index contributed by atoms with van der Waals surface area (Å²) in [5.74, 6) is -0.227. The van der Waals surface area contributed by atoms with Crippen molar-refractivity contribution in [1.82, 2.24) is 4.98 Å². The minimum atomic E-state index is -3.78. The van der Waals surface area contributed by atoms with Crippen LogP contribution in [0.2, 0.25) is 0 Å². The molecule has 1 N–H and O–H groups in total. The molecule has 0 bridgehead atoms. The normalized spacial score (nSPS) is 11.5. The molecule has 0 aliphatic carbocycles. The molecular weight excluding hydrogens is 300 g/mol. The van der Waals surface area contributed by atoms with Crippen LogP contribution in [0.5, 0.6) is 0 Å². The van der Waals surface area contributed by atoms with Gasteiger partial charge in [-0.05, 0) is 29.1 Å². The lowest BCUT2D eigenvalue weighted by Gasteiger charge is -2.17. The molecule has 2 aromatic carbocycles. The quantitative estimate of drug-likeness (QED) is 0.736. The average Bonchev–Trinajstić information content (AvgIpc) is 2.96. The second kappa shape index (κ2) is 5.65. The maximum atomic E-state index is 12.5. The first kappa shape index (κ1) is 14.3. The van der Waals surface area contributed by atoms with Crippen LogP contribution in [0.25, 0.3) is 10.9 Å². The molecule has 1 aromatic heterocycles. The van der Waals surface area contributed by atoms with E-state index in [4.69, 9.17) is 0 Å². The fraction of sp³-hybridized carbons (Fsp3) is 0.0625. The van der Waals surface area contributed by atoms with Gasteiger partial charge in [-0.25, -0.2) is 12.7 Å². The minimum absolute atomic E-state index is 0.227. The van der Waals surface area contributed by atoms with Crippen molar-refractivity contribution in [2.75, 3.05) is 4.31 Å². The van der Waals surface area contributed by atoms with E-state index in [0.717, 1.165) is 15.2 Å². The Kier molecular flexibility index (Phi) is 3.68. The van der Waals surface area contributed by atoms with E-state index in [-0.39, 0.29) is 5.75 Å². The topological polar surface area (TPSA) is 70.2 Å². The molecule has 0 unspecified atom stereocenters. The van der Waals surface area contributed by atoms with Gasteiger partial charge in [-0.2, -0.15) is 0 Å². The smallest absolute Gasteiger partial charge is 0.245 e. The number of hydrogen-bond donors (Lipinski definition) is 1. The molecule has 0 fully saturated rings.